The van der Waals surface area contributed by atoms with Crippen LogP contribution in [0, 0.1) is 5.92 Å². The Bertz CT molecular complexity index is 1220. The van der Waals surface area contributed by atoms with Gasteiger partial charge in [-0.3, -0.25) is 33.6 Å². The van der Waals surface area contributed by atoms with Gasteiger partial charge in [0.05, 0.1) is 19.5 Å². The van der Waals surface area contributed by atoms with Crippen molar-refractivity contribution >= 4 is 62.9 Å². The van der Waals surface area contributed by atoms with Crippen LogP contribution >= 0.6 is 21.6 Å². The number of aromatic amines is 1. The van der Waals surface area contributed by atoms with E-state index in [0.29, 0.717) is 5.69 Å². The number of nitrogens with one attached hydrogen (secondary N) is 7. The quantitative estimate of drug-likeness (QED) is 0.135. The van der Waals surface area contributed by atoms with Crippen LogP contribution in [-0.4, -0.2) is 111 Å². The zero-order chi connectivity index (χ0) is 33.0. The number of aliphatic hydroxyl groups is 1. The molecule has 0 spiro atoms. The number of imidazole rings is 1. The molecule has 0 bridgehead atoms. The number of hydrogen-bond donors (Lipinski definition) is 9. The van der Waals surface area contributed by atoms with E-state index in [0.717, 1.165) is 21.6 Å². The third-order valence-corrected chi connectivity index (χ3v) is 9.01. The van der Waals surface area contributed by atoms with E-state index in [4.69, 9.17) is 5.73 Å². The van der Waals surface area contributed by atoms with Crippen molar-refractivity contribution in [3.05, 3.63) is 18.2 Å². The van der Waals surface area contributed by atoms with Crippen molar-refractivity contribution in [2.24, 2.45) is 11.7 Å². The van der Waals surface area contributed by atoms with Gasteiger partial charge in [0, 0.05) is 36.7 Å². The van der Waals surface area contributed by atoms with Gasteiger partial charge in [-0.1, -0.05) is 35.4 Å². The summed E-state index contributed by atoms with van der Waals surface area (Å²) in [5.41, 5.74) is 4.50. The Balaban J connectivity index is 2.41. The van der Waals surface area contributed by atoms with Crippen molar-refractivity contribution in [3.63, 3.8) is 0 Å². The molecule has 244 valence electrons. The first-order valence-corrected chi connectivity index (χ1v) is 16.0. The minimum atomic E-state index is -1.56. The van der Waals surface area contributed by atoms with Gasteiger partial charge in [-0.2, -0.15) is 0 Å². The molecule has 0 aromatic carbocycles. The van der Waals surface area contributed by atoms with E-state index < -0.39 is 90.1 Å². The number of rotatable bonds is 6. The maximum absolute atomic E-state index is 13.2. The Morgan fingerprint density at radius 2 is 1.75 bits per heavy atom. The molecule has 17 nitrogen and oxygen atoms in total. The molecule has 1 aliphatic rings. The second-order valence-corrected chi connectivity index (χ2v) is 13.1. The average molecular weight is 658 g/mol. The fraction of sp³-hybridized carbons (Fsp3) is 0.600. The lowest BCUT2D eigenvalue weighted by molar-refractivity contribution is -0.135. The van der Waals surface area contributed by atoms with E-state index in [9.17, 15) is 38.7 Å². The number of H-pyrrole nitrogens is 1. The van der Waals surface area contributed by atoms with Crippen LogP contribution in [0.25, 0.3) is 0 Å². The molecular formula is C25H39N9O8S2. The maximum Gasteiger partial charge on any atom is 0.245 e. The summed E-state index contributed by atoms with van der Waals surface area (Å²) < 4.78 is 0. The molecule has 1 unspecified atom stereocenters. The van der Waals surface area contributed by atoms with Crippen LogP contribution in [0.3, 0.4) is 0 Å². The normalized spacial score (nSPS) is 26.8. The van der Waals surface area contributed by atoms with Crippen molar-refractivity contribution in [1.82, 2.24) is 41.9 Å². The zero-order valence-electron chi connectivity index (χ0n) is 24.7. The van der Waals surface area contributed by atoms with Crippen molar-refractivity contribution in [2.75, 3.05) is 24.7 Å². The van der Waals surface area contributed by atoms with E-state index >= 15 is 0 Å². The highest BCUT2D eigenvalue weighted by atomic mass is 33.1. The van der Waals surface area contributed by atoms with Crippen LogP contribution in [0.15, 0.2) is 12.5 Å². The highest BCUT2D eigenvalue weighted by Gasteiger charge is 2.37. The van der Waals surface area contributed by atoms with Crippen LogP contribution in [-0.2, 0) is 40.0 Å². The molecule has 0 saturated carbocycles. The van der Waals surface area contributed by atoms with Gasteiger partial charge in [0.1, 0.15) is 29.7 Å². The maximum atomic E-state index is 13.2. The molecule has 19 heteroatoms. The molecule has 2 rings (SSSR count). The predicted molar refractivity (Wildman–Crippen MR) is 161 cm³/mol. The molecule has 44 heavy (non-hydrogen) atoms. The topological polar surface area (TPSA) is 267 Å². The third kappa shape index (κ3) is 11.0. The summed E-state index contributed by atoms with van der Waals surface area (Å²) in [6, 6.07) is -5.02. The molecule has 1 fully saturated rings. The number of nitrogens with two attached hydrogens (primary N) is 1. The minimum absolute atomic E-state index is 0.0336. The second-order valence-electron chi connectivity index (χ2n) is 10.6. The Morgan fingerprint density at radius 3 is 2.32 bits per heavy atom. The monoisotopic (exact) mass is 657 g/mol. The number of carbonyl (C=O) groups is 7. The molecule has 7 amide bonds. The molecule has 10 N–H and O–H groups in total. The Kier molecular flexibility index (Phi) is 13.9. The molecule has 1 aromatic heterocycles. The second kappa shape index (κ2) is 16.9. The van der Waals surface area contributed by atoms with Gasteiger partial charge >= 0.3 is 0 Å². The van der Waals surface area contributed by atoms with Gasteiger partial charge in [0.2, 0.25) is 41.4 Å². The van der Waals surface area contributed by atoms with Crippen molar-refractivity contribution < 1.29 is 38.7 Å². The van der Waals surface area contributed by atoms with Crippen molar-refractivity contribution in [3.8, 4) is 0 Å². The van der Waals surface area contributed by atoms with Gasteiger partial charge in [-0.05, 0) is 12.8 Å². The number of amides is 7. The van der Waals surface area contributed by atoms with E-state index in [1.807, 2.05) is 0 Å². The largest absolute Gasteiger partial charge is 0.394 e. The first kappa shape index (κ1) is 36.4. The van der Waals surface area contributed by atoms with Gasteiger partial charge < -0.3 is 47.7 Å². The zero-order valence-corrected chi connectivity index (χ0v) is 26.4. The Labute approximate surface area is 261 Å². The first-order chi connectivity index (χ1) is 20.7. The molecule has 0 radical (unpaired) electrons. The van der Waals surface area contributed by atoms with Crippen molar-refractivity contribution in [2.45, 2.75) is 63.8 Å². The third-order valence-electron chi connectivity index (χ3n) is 6.42. The fourth-order valence-corrected chi connectivity index (χ4v) is 6.49. The summed E-state index contributed by atoms with van der Waals surface area (Å²) in [6.45, 7) is 4.56. The van der Waals surface area contributed by atoms with E-state index in [2.05, 4.69) is 41.9 Å². The Morgan fingerprint density at radius 1 is 1.07 bits per heavy atom. The lowest BCUT2D eigenvalue weighted by Crippen LogP contribution is -2.62. The van der Waals surface area contributed by atoms with Gasteiger partial charge in [0.15, 0.2) is 0 Å². The SMILES string of the molecule is CC(=O)N[C@H]1CSSC[C@@](C)(C(N)=O)NC(=O)[C@H](C(C)C)NC(=O)CNC(=O)[C@H](Cc2cnc[nH]2)NC(=O)C(CO)NC1=O. The highest BCUT2D eigenvalue weighted by molar-refractivity contribution is 8.76. The van der Waals surface area contributed by atoms with Crippen molar-refractivity contribution in [1.29, 1.82) is 0 Å². The highest BCUT2D eigenvalue weighted by Crippen LogP contribution is 2.27. The Hall–Kier alpha value is -3.84. The van der Waals surface area contributed by atoms with Crippen LogP contribution < -0.4 is 37.6 Å². The summed E-state index contributed by atoms with van der Waals surface area (Å²) >= 11 is 0. The van der Waals surface area contributed by atoms with Crippen LogP contribution in [0.4, 0.5) is 0 Å². The van der Waals surface area contributed by atoms with Gasteiger partial charge in [-0.15, -0.1) is 0 Å². The van der Waals surface area contributed by atoms with Crippen LogP contribution in [0.2, 0.25) is 0 Å². The van der Waals surface area contributed by atoms with Gasteiger partial charge in [-0.25, -0.2) is 4.98 Å². The predicted octanol–water partition coefficient (Wildman–Crippen LogP) is -3.57. The number of aliphatic hydroxyl groups excluding tert-OH is 1. The van der Waals surface area contributed by atoms with Crippen LogP contribution in [0.5, 0.6) is 0 Å². The molecular weight excluding hydrogens is 618 g/mol. The molecule has 2 heterocycles. The summed E-state index contributed by atoms with van der Waals surface area (Å²) in [4.78, 5) is 96.0. The summed E-state index contributed by atoms with van der Waals surface area (Å²) in [7, 11) is 2.17. The summed E-state index contributed by atoms with van der Waals surface area (Å²) in [5.74, 6) is -5.77. The standard InChI is InChI=1S/C25H39N9O8S2/c1-12(2)19-23(41)34-25(4,24(26)42)10-44-43-9-17(30-13(3)36)22(40)32-16(8-35)21(39)31-15(5-14-6-27-11-29-14)20(38)28-7-18(37)33-19/h6,11-12,15-17,19,35H,5,7-10H2,1-4H3,(H2,26,42)(H,27,29)(H,28,38)(H,30,36)(H,31,39)(H,32,40)(H,33,37)(H,34,41)/t15-,16?,17-,19-,25-/m0/s1. The number of nitrogens with zero attached hydrogens (tertiary/aromatic N) is 1. The van der Waals surface area contributed by atoms with E-state index in [-0.39, 0.29) is 17.9 Å². The average Bonchev–Trinajstić information content (AvgIpc) is 3.46. The number of aromatic nitrogens is 2. The molecule has 1 aliphatic heterocycles. The number of carbonyl (C=O) groups excluding carboxylic acids is 7. The van der Waals surface area contributed by atoms with Crippen LogP contribution in [0.1, 0.15) is 33.4 Å². The fourth-order valence-electron chi connectivity index (χ4n) is 3.84. The first-order valence-electron chi connectivity index (χ1n) is 13.6. The molecule has 1 aromatic rings. The lowest BCUT2D eigenvalue weighted by atomic mass is 9.99. The lowest BCUT2D eigenvalue weighted by Gasteiger charge is -2.31. The molecule has 0 aliphatic carbocycles. The molecule has 1 saturated heterocycles. The number of hydrogen-bond acceptors (Lipinski definition) is 11. The minimum Gasteiger partial charge on any atom is -0.394 e. The smallest absolute Gasteiger partial charge is 0.245 e. The van der Waals surface area contributed by atoms with Gasteiger partial charge in [0.25, 0.3) is 0 Å². The molecule has 5 atom stereocenters. The number of primary amides is 1. The summed E-state index contributed by atoms with van der Waals surface area (Å²) in [5, 5.41) is 24.7. The van der Waals surface area contributed by atoms with E-state index in [1.165, 1.54) is 26.4 Å². The summed E-state index contributed by atoms with van der Waals surface area (Å²) in [6.07, 6.45) is 2.70. The van der Waals surface area contributed by atoms with E-state index in [1.54, 1.807) is 13.8 Å².